The van der Waals surface area contributed by atoms with Crippen LogP contribution in [0.5, 0.6) is 11.5 Å². The number of aromatic nitrogens is 2. The van der Waals surface area contributed by atoms with Crippen molar-refractivity contribution in [3.05, 3.63) is 36.0 Å². The van der Waals surface area contributed by atoms with E-state index < -0.39 is 6.10 Å². The lowest BCUT2D eigenvalue weighted by atomic mass is 10.2. The summed E-state index contributed by atoms with van der Waals surface area (Å²) in [6.07, 6.45) is -0.686. The van der Waals surface area contributed by atoms with Crippen molar-refractivity contribution in [1.29, 1.82) is 0 Å². The van der Waals surface area contributed by atoms with Crippen molar-refractivity contribution < 1.29 is 18.8 Å². The van der Waals surface area contributed by atoms with E-state index in [0.717, 1.165) is 0 Å². The van der Waals surface area contributed by atoms with Crippen molar-refractivity contribution >= 4 is 5.91 Å². The molecule has 1 aromatic heterocycles. The number of para-hydroxylation sites is 2. The molecule has 2 heterocycles. The average Bonchev–Trinajstić information content (AvgIpc) is 2.90. The zero-order valence-corrected chi connectivity index (χ0v) is 10.8. The molecule has 1 atom stereocenters. The van der Waals surface area contributed by atoms with Gasteiger partial charge in [0.15, 0.2) is 17.3 Å². The molecule has 1 aromatic carbocycles. The summed E-state index contributed by atoms with van der Waals surface area (Å²) in [6.45, 7) is 2.05. The molecule has 0 bridgehead atoms. The Balaban J connectivity index is 1.59. The number of aryl methyl sites for hydroxylation is 1. The molecule has 7 heteroatoms. The van der Waals surface area contributed by atoms with Crippen LogP contribution in [0.2, 0.25) is 0 Å². The number of nitrogens with one attached hydrogen (secondary N) is 1. The first-order chi connectivity index (χ1) is 9.72. The summed E-state index contributed by atoms with van der Waals surface area (Å²) in [5.74, 6) is 1.81. The predicted molar refractivity (Wildman–Crippen MR) is 67.2 cm³/mol. The zero-order valence-electron chi connectivity index (χ0n) is 10.8. The number of carbonyl (C=O) groups is 1. The Morgan fingerprint density at radius 1 is 1.40 bits per heavy atom. The summed E-state index contributed by atoms with van der Waals surface area (Å²) in [6, 6.07) is 7.23. The number of ether oxygens (including phenoxy) is 2. The molecule has 1 amide bonds. The maximum atomic E-state index is 12.0. The van der Waals surface area contributed by atoms with Crippen molar-refractivity contribution in [2.24, 2.45) is 0 Å². The van der Waals surface area contributed by atoms with Gasteiger partial charge in [-0.2, -0.15) is 4.98 Å². The van der Waals surface area contributed by atoms with E-state index in [0.29, 0.717) is 23.2 Å². The molecule has 3 rings (SSSR count). The third-order valence-electron chi connectivity index (χ3n) is 2.78. The molecular weight excluding hydrogens is 262 g/mol. The molecule has 2 aromatic rings. The number of nitrogens with zero attached hydrogens (tertiary/aromatic N) is 2. The van der Waals surface area contributed by atoms with Crippen LogP contribution in [-0.4, -0.2) is 28.8 Å². The molecule has 1 N–H and O–H groups in total. The van der Waals surface area contributed by atoms with Crippen LogP contribution in [-0.2, 0) is 11.3 Å². The van der Waals surface area contributed by atoms with Gasteiger partial charge in [-0.1, -0.05) is 17.3 Å². The maximum Gasteiger partial charge on any atom is 0.265 e. The summed E-state index contributed by atoms with van der Waals surface area (Å²) in [5, 5.41) is 6.32. The Bertz CT molecular complexity index is 626. The molecule has 0 unspecified atom stereocenters. The topological polar surface area (TPSA) is 86.5 Å². The van der Waals surface area contributed by atoms with Gasteiger partial charge in [0.25, 0.3) is 5.91 Å². The van der Waals surface area contributed by atoms with E-state index >= 15 is 0 Å². The first-order valence-electron chi connectivity index (χ1n) is 6.18. The average molecular weight is 275 g/mol. The third kappa shape index (κ3) is 2.56. The van der Waals surface area contributed by atoms with Gasteiger partial charge in [0.05, 0.1) is 6.54 Å². The summed E-state index contributed by atoms with van der Waals surface area (Å²) >= 11 is 0. The number of benzene rings is 1. The molecule has 20 heavy (non-hydrogen) atoms. The maximum absolute atomic E-state index is 12.0. The highest BCUT2D eigenvalue weighted by Crippen LogP contribution is 2.30. The molecule has 0 saturated heterocycles. The van der Waals surface area contributed by atoms with Gasteiger partial charge in [-0.25, -0.2) is 0 Å². The molecule has 0 radical (unpaired) electrons. The van der Waals surface area contributed by atoms with E-state index in [1.807, 2.05) is 12.1 Å². The molecule has 0 spiro atoms. The van der Waals surface area contributed by atoms with Gasteiger partial charge in [0, 0.05) is 0 Å². The van der Waals surface area contributed by atoms with Crippen LogP contribution in [0.4, 0.5) is 0 Å². The lowest BCUT2D eigenvalue weighted by molar-refractivity contribution is -0.130. The summed E-state index contributed by atoms with van der Waals surface area (Å²) < 4.78 is 16.0. The minimum absolute atomic E-state index is 0.168. The smallest absolute Gasteiger partial charge is 0.265 e. The second kappa shape index (κ2) is 5.20. The van der Waals surface area contributed by atoms with Crippen molar-refractivity contribution in [3.8, 4) is 11.5 Å². The van der Waals surface area contributed by atoms with Crippen molar-refractivity contribution in [2.75, 3.05) is 6.61 Å². The first kappa shape index (κ1) is 12.5. The van der Waals surface area contributed by atoms with E-state index in [2.05, 4.69) is 15.5 Å². The Labute approximate surface area is 114 Å². The van der Waals surface area contributed by atoms with E-state index in [4.69, 9.17) is 14.0 Å². The summed E-state index contributed by atoms with van der Waals surface area (Å²) in [5.41, 5.74) is 0. The molecule has 104 valence electrons. The number of hydrogen-bond acceptors (Lipinski definition) is 6. The highest BCUT2D eigenvalue weighted by molar-refractivity contribution is 5.81. The van der Waals surface area contributed by atoms with Crippen LogP contribution in [0.25, 0.3) is 0 Å². The van der Waals surface area contributed by atoms with Gasteiger partial charge in [-0.05, 0) is 19.1 Å². The SMILES string of the molecule is Cc1noc(CNC(=O)[C@H]2COc3ccccc3O2)n1. The lowest BCUT2D eigenvalue weighted by Gasteiger charge is -2.25. The zero-order chi connectivity index (χ0) is 13.9. The number of rotatable bonds is 3. The standard InChI is InChI=1S/C13H13N3O4/c1-8-15-12(20-16-8)6-14-13(17)11-7-18-9-4-2-3-5-10(9)19-11/h2-5,11H,6-7H2,1H3,(H,14,17)/t11-/m1/s1. The van der Waals surface area contributed by atoms with Crippen LogP contribution >= 0.6 is 0 Å². The van der Waals surface area contributed by atoms with Gasteiger partial charge >= 0.3 is 0 Å². The van der Waals surface area contributed by atoms with Crippen LogP contribution in [0.1, 0.15) is 11.7 Å². The molecule has 0 saturated carbocycles. The second-order valence-corrected chi connectivity index (χ2v) is 4.32. The van der Waals surface area contributed by atoms with Crippen molar-refractivity contribution in [2.45, 2.75) is 19.6 Å². The highest BCUT2D eigenvalue weighted by atomic mass is 16.6. The van der Waals surface area contributed by atoms with Crippen molar-refractivity contribution in [1.82, 2.24) is 15.5 Å². The molecule has 7 nitrogen and oxygen atoms in total. The highest BCUT2D eigenvalue weighted by Gasteiger charge is 2.27. The molecule has 1 aliphatic heterocycles. The Morgan fingerprint density at radius 3 is 2.95 bits per heavy atom. The Hall–Kier alpha value is -2.57. The summed E-state index contributed by atoms with van der Waals surface area (Å²) in [7, 11) is 0. The Morgan fingerprint density at radius 2 is 2.20 bits per heavy atom. The quantitative estimate of drug-likeness (QED) is 0.893. The number of hydrogen-bond donors (Lipinski definition) is 1. The van der Waals surface area contributed by atoms with Gasteiger partial charge in [-0.3, -0.25) is 4.79 Å². The van der Waals surface area contributed by atoms with E-state index in [1.54, 1.807) is 19.1 Å². The third-order valence-corrected chi connectivity index (χ3v) is 2.78. The fraction of sp³-hybridized carbons (Fsp3) is 0.308. The number of amides is 1. The van der Waals surface area contributed by atoms with Gasteiger partial charge in [0.2, 0.25) is 12.0 Å². The normalized spacial score (nSPS) is 16.8. The van der Waals surface area contributed by atoms with Gasteiger partial charge in [0.1, 0.15) is 6.61 Å². The lowest BCUT2D eigenvalue weighted by Crippen LogP contribution is -2.43. The predicted octanol–water partition coefficient (Wildman–Crippen LogP) is 0.834. The number of carbonyl (C=O) groups excluding carboxylic acids is 1. The molecule has 0 aliphatic carbocycles. The van der Waals surface area contributed by atoms with Gasteiger partial charge < -0.3 is 19.3 Å². The number of fused-ring (bicyclic) bond motifs is 1. The minimum Gasteiger partial charge on any atom is -0.485 e. The second-order valence-electron chi connectivity index (χ2n) is 4.32. The monoisotopic (exact) mass is 275 g/mol. The van der Waals surface area contributed by atoms with Crippen LogP contribution in [0, 0.1) is 6.92 Å². The summed E-state index contributed by atoms with van der Waals surface area (Å²) in [4.78, 5) is 16.0. The van der Waals surface area contributed by atoms with Crippen molar-refractivity contribution in [3.63, 3.8) is 0 Å². The van der Waals surface area contributed by atoms with E-state index in [1.165, 1.54) is 0 Å². The van der Waals surface area contributed by atoms with E-state index in [9.17, 15) is 4.79 Å². The molecule has 1 aliphatic rings. The Kier molecular flexibility index (Phi) is 3.24. The van der Waals surface area contributed by atoms with Crippen LogP contribution in [0.15, 0.2) is 28.8 Å². The minimum atomic E-state index is -0.686. The van der Waals surface area contributed by atoms with Crippen LogP contribution < -0.4 is 14.8 Å². The van der Waals surface area contributed by atoms with E-state index in [-0.39, 0.29) is 19.1 Å². The molecular formula is C13H13N3O4. The van der Waals surface area contributed by atoms with Gasteiger partial charge in [-0.15, -0.1) is 0 Å². The fourth-order valence-electron chi connectivity index (χ4n) is 1.84. The largest absolute Gasteiger partial charge is 0.485 e. The first-order valence-corrected chi connectivity index (χ1v) is 6.18. The fourth-order valence-corrected chi connectivity index (χ4v) is 1.84. The molecule has 0 fully saturated rings. The van der Waals surface area contributed by atoms with Crippen LogP contribution in [0.3, 0.4) is 0 Å².